The highest BCUT2D eigenvalue weighted by Gasteiger charge is 2.52. The summed E-state index contributed by atoms with van der Waals surface area (Å²) in [7, 11) is 0. The molecule has 2 aliphatic heterocycles. The molecule has 0 aromatic carbocycles. The highest BCUT2D eigenvalue weighted by molar-refractivity contribution is 8.02. The highest BCUT2D eigenvalue weighted by atomic mass is 32.2. The van der Waals surface area contributed by atoms with Crippen molar-refractivity contribution >= 4 is 58.7 Å². The van der Waals surface area contributed by atoms with Gasteiger partial charge in [0.25, 0.3) is 0 Å². The zero-order valence-electron chi connectivity index (χ0n) is 14.8. The summed E-state index contributed by atoms with van der Waals surface area (Å²) in [6.45, 7) is 5.43. The van der Waals surface area contributed by atoms with Gasteiger partial charge in [-0.1, -0.05) is 23.5 Å². The number of carbonyl (C=O) groups excluding carboxylic acids is 2. The van der Waals surface area contributed by atoms with Gasteiger partial charge >= 0.3 is 5.97 Å². The molecule has 0 bridgehead atoms. The van der Waals surface area contributed by atoms with E-state index in [-0.39, 0.29) is 11.3 Å². The number of hydrogen-bond donors (Lipinski definition) is 1. The van der Waals surface area contributed by atoms with Crippen LogP contribution in [0.5, 0.6) is 0 Å². The molecular weight excluding hydrogens is 412 g/mol. The van der Waals surface area contributed by atoms with Gasteiger partial charge in [0.2, 0.25) is 11.1 Å². The van der Waals surface area contributed by atoms with E-state index in [0.29, 0.717) is 17.2 Å². The number of rotatable bonds is 5. The molecule has 1 fully saturated rings. The van der Waals surface area contributed by atoms with Crippen LogP contribution in [0.1, 0.15) is 20.8 Å². The van der Waals surface area contributed by atoms with Gasteiger partial charge in [-0.2, -0.15) is 4.37 Å². The van der Waals surface area contributed by atoms with E-state index in [1.807, 2.05) is 27.0 Å². The summed E-state index contributed by atoms with van der Waals surface area (Å²) in [6.07, 6.45) is 1.93. The molecule has 1 saturated heterocycles. The lowest BCUT2D eigenvalue weighted by Crippen LogP contribution is -2.68. The number of ether oxygens (including phenoxy) is 1. The second-order valence-electron chi connectivity index (χ2n) is 6.73. The molecule has 1 aromatic rings. The van der Waals surface area contributed by atoms with Crippen molar-refractivity contribution in [2.24, 2.45) is 5.73 Å². The third-order valence-electron chi connectivity index (χ3n) is 3.62. The number of esters is 1. The summed E-state index contributed by atoms with van der Waals surface area (Å²) in [5, 5.41) is 0.546. The average Bonchev–Trinajstić information content (AvgIpc) is 3.04. The van der Waals surface area contributed by atoms with E-state index >= 15 is 0 Å². The normalized spacial score (nSPS) is 23.0. The third kappa shape index (κ3) is 4.06. The van der Waals surface area contributed by atoms with Crippen LogP contribution in [0.25, 0.3) is 0 Å². The maximum absolute atomic E-state index is 12.8. The number of aromatic nitrogens is 2. The average molecular weight is 433 g/mol. The number of fused-ring (bicyclic) bond motifs is 1. The topological polar surface area (TPSA) is 98.4 Å². The Morgan fingerprint density at radius 2 is 2.19 bits per heavy atom. The van der Waals surface area contributed by atoms with E-state index in [1.165, 1.54) is 40.0 Å². The molecule has 1 amide bonds. The Morgan fingerprint density at radius 1 is 1.46 bits per heavy atom. The first kappa shape index (κ1) is 20.0. The number of β-lactam (4-membered cyclic amide) rings is 1. The molecule has 26 heavy (non-hydrogen) atoms. The fourth-order valence-corrected chi connectivity index (χ4v) is 6.13. The molecule has 3 rings (SSSR count). The van der Waals surface area contributed by atoms with Crippen LogP contribution in [-0.2, 0) is 14.3 Å². The largest absolute Gasteiger partial charge is 0.455 e. The second-order valence-corrected chi connectivity index (χ2v) is 10.6. The van der Waals surface area contributed by atoms with Crippen LogP contribution in [0.2, 0.25) is 0 Å². The minimum atomic E-state index is -0.634. The molecule has 2 N–H and O–H groups in total. The second kappa shape index (κ2) is 7.70. The van der Waals surface area contributed by atoms with Crippen molar-refractivity contribution in [2.75, 3.05) is 17.8 Å². The van der Waals surface area contributed by atoms with Crippen LogP contribution >= 0.6 is 46.8 Å². The summed E-state index contributed by atoms with van der Waals surface area (Å²) >= 11 is 5.92. The van der Waals surface area contributed by atoms with E-state index in [4.69, 9.17) is 10.5 Å². The lowest BCUT2D eigenvalue weighted by atomic mass is 10.0. The number of nitrogens with zero attached hydrogens (tertiary/aromatic N) is 3. The first-order valence-electron chi connectivity index (χ1n) is 7.87. The molecule has 1 unspecified atom stereocenters. The van der Waals surface area contributed by atoms with Crippen molar-refractivity contribution in [3.05, 3.63) is 11.3 Å². The summed E-state index contributed by atoms with van der Waals surface area (Å²) in [4.78, 5) is 30.9. The molecule has 11 heteroatoms. The van der Waals surface area contributed by atoms with Crippen LogP contribution in [0, 0.1) is 0 Å². The van der Waals surface area contributed by atoms with Gasteiger partial charge in [-0.05, 0) is 44.1 Å². The molecule has 2 atom stereocenters. The Hall–Kier alpha value is -0.750. The first-order chi connectivity index (χ1) is 12.2. The van der Waals surface area contributed by atoms with Gasteiger partial charge in [0.05, 0.1) is 0 Å². The van der Waals surface area contributed by atoms with Gasteiger partial charge in [0.1, 0.15) is 22.7 Å². The van der Waals surface area contributed by atoms with Crippen molar-refractivity contribution in [1.82, 2.24) is 14.3 Å². The molecule has 0 spiro atoms. The quantitative estimate of drug-likeness (QED) is 0.426. The fraction of sp³-hybridized carbons (Fsp3) is 0.600. The highest BCUT2D eigenvalue weighted by Crippen LogP contribution is 2.41. The standard InChI is InChI=1S/C15H20N4O3S4/c1-15(2,3)22-12(21)9-7(5-24-11-8(16)10(20)19(9)11)6-25-14-17-13(23-4)18-26-14/h8,11H,5-6,16H2,1-4H3/t8?,11-/m1/s1. The molecule has 2 aliphatic rings. The molecular formula is C15H20N4O3S4. The van der Waals surface area contributed by atoms with E-state index < -0.39 is 17.6 Å². The zero-order chi connectivity index (χ0) is 19.1. The SMILES string of the molecule is CSc1nsc(SCC2=C(C(=O)OC(C)(C)C)N3C(=O)C(N)[C@H]3SC2)n1. The van der Waals surface area contributed by atoms with E-state index in [0.717, 1.165) is 15.1 Å². The maximum Gasteiger partial charge on any atom is 0.355 e. The van der Waals surface area contributed by atoms with Gasteiger partial charge < -0.3 is 10.5 Å². The smallest absolute Gasteiger partial charge is 0.355 e. The lowest BCUT2D eigenvalue weighted by Gasteiger charge is -2.48. The van der Waals surface area contributed by atoms with Crippen LogP contribution in [-0.4, -0.2) is 60.9 Å². The molecule has 142 valence electrons. The fourth-order valence-electron chi connectivity index (χ4n) is 2.49. The molecule has 0 saturated carbocycles. The van der Waals surface area contributed by atoms with E-state index in [1.54, 1.807) is 11.8 Å². The van der Waals surface area contributed by atoms with Gasteiger partial charge in [-0.25, -0.2) is 9.78 Å². The Labute approximate surface area is 169 Å². The van der Waals surface area contributed by atoms with Gasteiger partial charge in [0, 0.05) is 11.5 Å². The molecule has 7 nitrogen and oxygen atoms in total. The van der Waals surface area contributed by atoms with Crippen molar-refractivity contribution in [2.45, 2.75) is 47.3 Å². The van der Waals surface area contributed by atoms with Gasteiger partial charge in [-0.15, -0.1) is 11.8 Å². The molecule has 1 aromatic heterocycles. The Bertz CT molecular complexity index is 758. The maximum atomic E-state index is 12.8. The predicted octanol–water partition coefficient (Wildman–Crippen LogP) is 2.19. The lowest BCUT2D eigenvalue weighted by molar-refractivity contribution is -0.157. The number of nitrogens with two attached hydrogens (primary N) is 1. The summed E-state index contributed by atoms with van der Waals surface area (Å²) in [5.74, 6) is 0.487. The molecule has 0 aliphatic carbocycles. The third-order valence-corrected chi connectivity index (χ3v) is 7.57. The van der Waals surface area contributed by atoms with Gasteiger partial charge in [0.15, 0.2) is 4.34 Å². The number of carbonyl (C=O) groups is 2. The van der Waals surface area contributed by atoms with Crippen LogP contribution < -0.4 is 5.73 Å². The minimum absolute atomic E-state index is 0.191. The monoisotopic (exact) mass is 432 g/mol. The van der Waals surface area contributed by atoms with Crippen LogP contribution in [0.15, 0.2) is 20.8 Å². The van der Waals surface area contributed by atoms with Crippen LogP contribution in [0.4, 0.5) is 0 Å². The molecule has 3 heterocycles. The van der Waals surface area contributed by atoms with Crippen molar-refractivity contribution in [1.29, 1.82) is 0 Å². The zero-order valence-corrected chi connectivity index (χ0v) is 18.1. The van der Waals surface area contributed by atoms with Crippen molar-refractivity contribution in [3.8, 4) is 0 Å². The Kier molecular flexibility index (Phi) is 5.92. The number of amides is 1. The number of thioether (sulfide) groups is 3. The Morgan fingerprint density at radius 3 is 2.81 bits per heavy atom. The van der Waals surface area contributed by atoms with Crippen molar-refractivity contribution < 1.29 is 14.3 Å². The van der Waals surface area contributed by atoms with Crippen LogP contribution in [0.3, 0.4) is 0 Å². The Balaban J connectivity index is 1.83. The minimum Gasteiger partial charge on any atom is -0.455 e. The summed E-state index contributed by atoms with van der Waals surface area (Å²) in [6, 6.07) is -0.557. The first-order valence-corrected chi connectivity index (χ1v) is 11.9. The van der Waals surface area contributed by atoms with E-state index in [2.05, 4.69) is 9.36 Å². The summed E-state index contributed by atoms with van der Waals surface area (Å²) in [5.41, 5.74) is 6.46. The van der Waals surface area contributed by atoms with Gasteiger partial charge in [-0.3, -0.25) is 9.69 Å². The predicted molar refractivity (Wildman–Crippen MR) is 106 cm³/mol. The number of hydrogen-bond acceptors (Lipinski definition) is 10. The van der Waals surface area contributed by atoms with E-state index in [9.17, 15) is 9.59 Å². The molecule has 0 radical (unpaired) electrons. The van der Waals surface area contributed by atoms with Crippen molar-refractivity contribution in [3.63, 3.8) is 0 Å². The summed E-state index contributed by atoms with van der Waals surface area (Å²) < 4.78 is 10.6.